The summed E-state index contributed by atoms with van der Waals surface area (Å²) in [6, 6.07) is 3.26. The third-order valence-corrected chi connectivity index (χ3v) is 5.64. The maximum Gasteiger partial charge on any atom is 0.244 e. The van der Waals surface area contributed by atoms with E-state index in [0.717, 1.165) is 18.4 Å². The van der Waals surface area contributed by atoms with Crippen LogP contribution in [-0.4, -0.2) is 33.1 Å². The van der Waals surface area contributed by atoms with Gasteiger partial charge in [-0.05, 0) is 36.8 Å². The predicted octanol–water partition coefficient (Wildman–Crippen LogP) is 1.62. The first-order chi connectivity index (χ1) is 9.44. The Morgan fingerprint density at radius 3 is 2.95 bits per heavy atom. The molecule has 1 aliphatic heterocycles. The van der Waals surface area contributed by atoms with Crippen LogP contribution < -0.4 is 15.2 Å². The summed E-state index contributed by atoms with van der Waals surface area (Å²) in [5, 5.41) is 0.211. The molecule has 1 heterocycles. The van der Waals surface area contributed by atoms with Gasteiger partial charge in [0.15, 0.2) is 0 Å². The topological polar surface area (TPSA) is 81.4 Å². The Balaban J connectivity index is 2.33. The van der Waals surface area contributed by atoms with E-state index >= 15 is 0 Å². The van der Waals surface area contributed by atoms with E-state index in [9.17, 15) is 8.42 Å². The normalized spacial score (nSPS) is 16.3. The predicted molar refractivity (Wildman–Crippen MR) is 82.8 cm³/mol. The number of ether oxygens (including phenoxy) is 1. The first-order valence-corrected chi connectivity index (χ1v) is 9.29. The number of hydrogen-bond donors (Lipinski definition) is 2. The first kappa shape index (κ1) is 15.5. The number of benzene rings is 1. The number of rotatable bonds is 5. The molecule has 0 saturated heterocycles. The summed E-state index contributed by atoms with van der Waals surface area (Å²) in [6.45, 7) is 2.90. The van der Waals surface area contributed by atoms with Gasteiger partial charge < -0.3 is 10.5 Å². The van der Waals surface area contributed by atoms with Crippen molar-refractivity contribution in [2.75, 3.05) is 25.1 Å². The minimum Gasteiger partial charge on any atom is -0.492 e. The highest BCUT2D eigenvalue weighted by atomic mass is 32.2. The maximum atomic E-state index is 12.4. The molecule has 0 aliphatic carbocycles. The summed E-state index contributed by atoms with van der Waals surface area (Å²) in [7, 11) is -3.60. The van der Waals surface area contributed by atoms with Crippen LogP contribution in [-0.2, 0) is 16.4 Å². The van der Waals surface area contributed by atoms with Crippen molar-refractivity contribution >= 4 is 27.5 Å². The van der Waals surface area contributed by atoms with Gasteiger partial charge in [0.25, 0.3) is 0 Å². The zero-order valence-corrected chi connectivity index (χ0v) is 13.3. The van der Waals surface area contributed by atoms with E-state index in [1.165, 1.54) is 6.07 Å². The van der Waals surface area contributed by atoms with Crippen LogP contribution in [0.5, 0.6) is 5.75 Å². The lowest BCUT2D eigenvalue weighted by Gasteiger charge is -2.21. The van der Waals surface area contributed by atoms with Crippen LogP contribution in [0.25, 0.3) is 0 Å². The highest BCUT2D eigenvalue weighted by molar-refractivity contribution is 7.99. The Morgan fingerprint density at radius 2 is 2.25 bits per heavy atom. The average molecular weight is 316 g/mol. The quantitative estimate of drug-likeness (QED) is 0.807. The summed E-state index contributed by atoms with van der Waals surface area (Å²) in [4.78, 5) is 0.153. The molecule has 0 bridgehead atoms. The lowest BCUT2D eigenvalue weighted by atomic mass is 10.1. The van der Waals surface area contributed by atoms with Gasteiger partial charge in [-0.15, -0.1) is 0 Å². The molecule has 112 valence electrons. The molecule has 7 heteroatoms. The number of fused-ring (bicyclic) bond motifs is 1. The van der Waals surface area contributed by atoms with Gasteiger partial charge in [0.05, 0.1) is 6.61 Å². The minimum absolute atomic E-state index is 0.153. The third-order valence-electron chi connectivity index (χ3n) is 3.24. The zero-order chi connectivity index (χ0) is 14.8. The Bertz CT molecular complexity index is 588. The third kappa shape index (κ3) is 3.39. The molecule has 5 nitrogen and oxygen atoms in total. The lowest BCUT2D eigenvalue weighted by Crippen LogP contribution is -2.30. The monoisotopic (exact) mass is 316 g/mol. The summed E-state index contributed by atoms with van der Waals surface area (Å²) in [5.74, 6) is 0.453. The van der Waals surface area contributed by atoms with Gasteiger partial charge in [-0.2, -0.15) is 11.8 Å². The Kier molecular flexibility index (Phi) is 4.82. The van der Waals surface area contributed by atoms with Crippen molar-refractivity contribution in [2.45, 2.75) is 29.9 Å². The second-order valence-electron chi connectivity index (χ2n) is 4.86. The number of hydrogen-bond acceptors (Lipinski definition) is 5. The molecule has 1 unspecified atom stereocenters. The van der Waals surface area contributed by atoms with Crippen molar-refractivity contribution in [1.82, 2.24) is 4.72 Å². The van der Waals surface area contributed by atoms with Gasteiger partial charge in [0.1, 0.15) is 10.6 Å². The molecular formula is C13H20N2O3S2. The molecule has 1 atom stereocenters. The van der Waals surface area contributed by atoms with E-state index in [4.69, 9.17) is 10.5 Å². The summed E-state index contributed by atoms with van der Waals surface area (Å²) >= 11 is 1.61. The molecule has 0 aromatic heterocycles. The Morgan fingerprint density at radius 1 is 1.50 bits per heavy atom. The molecule has 1 aliphatic rings. The van der Waals surface area contributed by atoms with Gasteiger partial charge in [-0.3, -0.25) is 0 Å². The van der Waals surface area contributed by atoms with Crippen LogP contribution in [0.4, 0.5) is 5.69 Å². The van der Waals surface area contributed by atoms with Crippen molar-refractivity contribution in [3.05, 3.63) is 17.7 Å². The van der Waals surface area contributed by atoms with E-state index < -0.39 is 10.0 Å². The number of nitrogens with one attached hydrogen (secondary N) is 1. The molecule has 20 heavy (non-hydrogen) atoms. The molecule has 0 spiro atoms. The number of thioether (sulfide) groups is 1. The fourth-order valence-corrected chi connectivity index (χ4v) is 3.76. The van der Waals surface area contributed by atoms with Gasteiger partial charge in [0, 0.05) is 17.5 Å². The molecule has 0 amide bonds. The van der Waals surface area contributed by atoms with Crippen molar-refractivity contribution in [2.24, 2.45) is 0 Å². The van der Waals surface area contributed by atoms with Crippen molar-refractivity contribution in [1.29, 1.82) is 0 Å². The van der Waals surface area contributed by atoms with E-state index in [2.05, 4.69) is 4.72 Å². The smallest absolute Gasteiger partial charge is 0.244 e. The molecule has 0 saturated carbocycles. The van der Waals surface area contributed by atoms with Crippen LogP contribution in [0.15, 0.2) is 17.0 Å². The lowest BCUT2D eigenvalue weighted by molar-refractivity contribution is 0.280. The van der Waals surface area contributed by atoms with Gasteiger partial charge in [-0.25, -0.2) is 13.1 Å². The second-order valence-corrected chi connectivity index (χ2v) is 7.87. The highest BCUT2D eigenvalue weighted by Crippen LogP contribution is 2.34. The molecule has 1 aromatic rings. The Labute approximate surface area is 124 Å². The van der Waals surface area contributed by atoms with Gasteiger partial charge >= 0.3 is 0 Å². The zero-order valence-electron chi connectivity index (χ0n) is 11.7. The number of nitrogen functional groups attached to an aromatic ring is 1. The largest absolute Gasteiger partial charge is 0.492 e. The summed E-state index contributed by atoms with van der Waals surface area (Å²) in [6.07, 6.45) is 3.63. The van der Waals surface area contributed by atoms with Gasteiger partial charge in [-0.1, -0.05) is 6.92 Å². The molecule has 3 N–H and O–H groups in total. The van der Waals surface area contributed by atoms with Crippen LogP contribution in [0, 0.1) is 0 Å². The second kappa shape index (κ2) is 6.24. The molecule has 0 fully saturated rings. The molecule has 2 rings (SSSR count). The summed E-state index contributed by atoms with van der Waals surface area (Å²) in [5.41, 5.74) is 7.13. The van der Waals surface area contributed by atoms with Crippen LogP contribution in [0.1, 0.15) is 18.9 Å². The van der Waals surface area contributed by atoms with E-state index in [-0.39, 0.29) is 10.1 Å². The number of aryl methyl sites for hydroxylation is 1. The van der Waals surface area contributed by atoms with Crippen molar-refractivity contribution in [3.63, 3.8) is 0 Å². The Hall–Kier alpha value is -0.920. The van der Waals surface area contributed by atoms with E-state index in [0.29, 0.717) is 24.6 Å². The SMILES string of the molecule is CSC(C)CNS(=O)(=O)c1cc(N)cc2c1OCCC2. The van der Waals surface area contributed by atoms with Gasteiger partial charge in [0.2, 0.25) is 10.0 Å². The molecule has 0 radical (unpaired) electrons. The maximum absolute atomic E-state index is 12.4. The molecule has 1 aromatic carbocycles. The highest BCUT2D eigenvalue weighted by Gasteiger charge is 2.25. The van der Waals surface area contributed by atoms with E-state index in [1.54, 1.807) is 17.8 Å². The first-order valence-electron chi connectivity index (χ1n) is 6.51. The standard InChI is InChI=1S/C13H20N2O3S2/c1-9(19-2)8-15-20(16,17)12-7-11(14)6-10-4-3-5-18-13(10)12/h6-7,9,15H,3-5,8,14H2,1-2H3. The fourth-order valence-electron chi connectivity index (χ4n) is 2.06. The van der Waals surface area contributed by atoms with Crippen LogP contribution in [0.3, 0.4) is 0 Å². The van der Waals surface area contributed by atoms with Crippen LogP contribution in [0.2, 0.25) is 0 Å². The van der Waals surface area contributed by atoms with Crippen LogP contribution >= 0.6 is 11.8 Å². The van der Waals surface area contributed by atoms with Crippen molar-refractivity contribution in [3.8, 4) is 5.75 Å². The summed E-state index contributed by atoms with van der Waals surface area (Å²) < 4.78 is 33.0. The van der Waals surface area contributed by atoms with Crippen molar-refractivity contribution < 1.29 is 13.2 Å². The number of anilines is 1. The fraction of sp³-hybridized carbons (Fsp3) is 0.538. The average Bonchev–Trinajstić information content (AvgIpc) is 2.43. The number of sulfonamides is 1. The minimum atomic E-state index is -3.60. The number of nitrogens with two attached hydrogens (primary N) is 1. The molecular weight excluding hydrogens is 296 g/mol. The van der Waals surface area contributed by atoms with E-state index in [1.807, 2.05) is 13.2 Å².